The van der Waals surface area contributed by atoms with Crippen molar-refractivity contribution in [3.8, 4) is 11.5 Å². The highest BCUT2D eigenvalue weighted by atomic mass is 32.2. The number of carbonyl (C=O) groups is 1. The molecular formula is C16H17N3O4S. The summed E-state index contributed by atoms with van der Waals surface area (Å²) in [5.41, 5.74) is 0.730. The minimum atomic E-state index is -0.480. The number of anilines is 1. The van der Waals surface area contributed by atoms with Gasteiger partial charge in [0.25, 0.3) is 5.56 Å². The maximum atomic E-state index is 12.6. The van der Waals surface area contributed by atoms with E-state index < -0.39 is 5.92 Å². The largest absolute Gasteiger partial charge is 0.508 e. The van der Waals surface area contributed by atoms with Crippen LogP contribution in [0.15, 0.2) is 28.2 Å². The summed E-state index contributed by atoms with van der Waals surface area (Å²) in [4.78, 5) is 28.9. The molecule has 2 aromatic rings. The molecule has 1 amide bonds. The molecule has 1 aromatic carbocycles. The van der Waals surface area contributed by atoms with Crippen LogP contribution in [0.2, 0.25) is 0 Å². The fraction of sp³-hybridized carbons (Fsp3) is 0.312. The van der Waals surface area contributed by atoms with Crippen LogP contribution >= 0.6 is 11.8 Å². The van der Waals surface area contributed by atoms with Gasteiger partial charge in [0.2, 0.25) is 5.91 Å². The first kappa shape index (κ1) is 16.4. The lowest BCUT2D eigenvalue weighted by Gasteiger charge is -2.28. The number of carbonyl (C=O) groups excluding carboxylic acids is 1. The van der Waals surface area contributed by atoms with Gasteiger partial charge < -0.3 is 19.7 Å². The number of nitrogens with zero attached hydrogens (tertiary/aromatic N) is 2. The second kappa shape index (κ2) is 6.20. The Bertz CT molecular complexity index is 878. The number of benzene rings is 1. The average molecular weight is 347 g/mol. The van der Waals surface area contributed by atoms with Crippen molar-refractivity contribution >= 4 is 23.5 Å². The van der Waals surface area contributed by atoms with Crippen molar-refractivity contribution in [2.75, 3.05) is 18.7 Å². The lowest BCUT2D eigenvalue weighted by molar-refractivity contribution is -0.116. The molecule has 24 heavy (non-hydrogen) atoms. The number of amides is 1. The molecule has 0 fully saturated rings. The van der Waals surface area contributed by atoms with Crippen LogP contribution in [0.3, 0.4) is 0 Å². The minimum Gasteiger partial charge on any atom is -0.508 e. The zero-order valence-electron chi connectivity index (χ0n) is 13.5. The quantitative estimate of drug-likeness (QED) is 0.648. The highest BCUT2D eigenvalue weighted by Gasteiger charge is 2.33. The molecule has 1 aliphatic heterocycles. The number of aromatic nitrogens is 2. The summed E-state index contributed by atoms with van der Waals surface area (Å²) in [6.45, 7) is 0. The van der Waals surface area contributed by atoms with Gasteiger partial charge in [0.15, 0.2) is 5.16 Å². The van der Waals surface area contributed by atoms with Gasteiger partial charge in [-0.25, -0.2) is 0 Å². The molecule has 1 aromatic heterocycles. The fourth-order valence-electron chi connectivity index (χ4n) is 2.97. The number of aromatic hydroxyl groups is 1. The summed E-state index contributed by atoms with van der Waals surface area (Å²) in [6.07, 6.45) is 1.93. The summed E-state index contributed by atoms with van der Waals surface area (Å²) < 4.78 is 7.03. The number of hydrogen-bond donors (Lipinski definition) is 2. The molecule has 0 bridgehead atoms. The van der Waals surface area contributed by atoms with E-state index in [0.717, 1.165) is 0 Å². The molecule has 0 aliphatic carbocycles. The number of rotatable bonds is 3. The molecule has 8 heteroatoms. The van der Waals surface area contributed by atoms with E-state index in [1.165, 1.54) is 31.0 Å². The summed E-state index contributed by atoms with van der Waals surface area (Å²) in [6, 6.07) is 4.65. The molecule has 2 N–H and O–H groups in total. The van der Waals surface area contributed by atoms with Gasteiger partial charge in [-0.2, -0.15) is 4.98 Å². The summed E-state index contributed by atoms with van der Waals surface area (Å²) in [5.74, 6) is 0.273. The fourth-order valence-corrected chi connectivity index (χ4v) is 3.51. The number of nitrogens with one attached hydrogen (secondary N) is 1. The highest BCUT2D eigenvalue weighted by Crippen LogP contribution is 2.40. The lowest BCUT2D eigenvalue weighted by atomic mass is 9.86. The predicted molar refractivity (Wildman–Crippen MR) is 91.0 cm³/mol. The number of phenols is 1. The molecule has 0 saturated heterocycles. The first-order valence-electron chi connectivity index (χ1n) is 7.28. The van der Waals surface area contributed by atoms with E-state index in [1.807, 2.05) is 6.26 Å². The van der Waals surface area contributed by atoms with E-state index in [9.17, 15) is 14.7 Å². The van der Waals surface area contributed by atoms with Gasteiger partial charge in [0.1, 0.15) is 17.3 Å². The molecule has 0 saturated carbocycles. The van der Waals surface area contributed by atoms with Crippen molar-refractivity contribution in [1.82, 2.24) is 9.55 Å². The highest BCUT2D eigenvalue weighted by molar-refractivity contribution is 7.98. The van der Waals surface area contributed by atoms with Crippen molar-refractivity contribution in [2.24, 2.45) is 7.05 Å². The third kappa shape index (κ3) is 2.62. The maximum absolute atomic E-state index is 12.6. The van der Waals surface area contributed by atoms with E-state index in [1.54, 1.807) is 17.7 Å². The number of thioether (sulfide) groups is 1. The normalized spacial score (nSPS) is 16.5. The van der Waals surface area contributed by atoms with E-state index in [0.29, 0.717) is 27.9 Å². The standard InChI is InChI=1S/C16H17N3O4S/c1-19-14-13(15(22)18-16(19)24-3)10(7-12(21)17-14)9-5-4-8(20)6-11(9)23-2/h4-6,10,20H,7H2,1-3H3,(H,17,21)/t10-/m0/s1. The third-order valence-electron chi connectivity index (χ3n) is 4.08. The summed E-state index contributed by atoms with van der Waals surface area (Å²) >= 11 is 1.33. The first-order chi connectivity index (χ1) is 11.5. The Balaban J connectivity index is 2.26. The second-order valence-corrected chi connectivity index (χ2v) is 6.23. The van der Waals surface area contributed by atoms with E-state index in [4.69, 9.17) is 4.74 Å². The Kier molecular flexibility index (Phi) is 4.23. The maximum Gasteiger partial charge on any atom is 0.279 e. The van der Waals surface area contributed by atoms with Crippen LogP contribution in [0, 0.1) is 0 Å². The van der Waals surface area contributed by atoms with Crippen LogP contribution in [0.1, 0.15) is 23.5 Å². The van der Waals surface area contributed by atoms with E-state index in [-0.39, 0.29) is 23.6 Å². The van der Waals surface area contributed by atoms with Gasteiger partial charge in [-0.05, 0) is 12.3 Å². The zero-order valence-corrected chi connectivity index (χ0v) is 14.3. The Morgan fingerprint density at radius 3 is 2.83 bits per heavy atom. The molecule has 3 rings (SSSR count). The van der Waals surface area contributed by atoms with Crippen LogP contribution in [-0.2, 0) is 11.8 Å². The van der Waals surface area contributed by atoms with Crippen molar-refractivity contribution in [3.05, 3.63) is 39.7 Å². The van der Waals surface area contributed by atoms with Crippen molar-refractivity contribution in [1.29, 1.82) is 0 Å². The number of phenolic OH excluding ortho intramolecular Hbond substituents is 1. The van der Waals surface area contributed by atoms with Gasteiger partial charge in [0.05, 0.1) is 12.7 Å². The molecule has 0 radical (unpaired) electrons. The van der Waals surface area contributed by atoms with Crippen LogP contribution in [0.5, 0.6) is 11.5 Å². The minimum absolute atomic E-state index is 0.0554. The van der Waals surface area contributed by atoms with Crippen LogP contribution in [-0.4, -0.2) is 33.9 Å². The monoisotopic (exact) mass is 347 g/mol. The molecule has 0 unspecified atom stereocenters. The van der Waals surface area contributed by atoms with Crippen LogP contribution in [0.25, 0.3) is 0 Å². The van der Waals surface area contributed by atoms with Gasteiger partial charge in [-0.15, -0.1) is 0 Å². The van der Waals surface area contributed by atoms with Gasteiger partial charge in [-0.3, -0.25) is 9.59 Å². The van der Waals surface area contributed by atoms with Crippen LogP contribution < -0.4 is 15.6 Å². The third-order valence-corrected chi connectivity index (χ3v) is 4.81. The molecule has 0 spiro atoms. The predicted octanol–water partition coefficient (Wildman–Crippen LogP) is 1.69. The average Bonchev–Trinajstić information content (AvgIpc) is 2.57. The molecular weight excluding hydrogens is 330 g/mol. The number of hydrogen-bond acceptors (Lipinski definition) is 6. The smallest absolute Gasteiger partial charge is 0.279 e. The molecule has 2 heterocycles. The topological polar surface area (TPSA) is 93.4 Å². The van der Waals surface area contributed by atoms with E-state index >= 15 is 0 Å². The van der Waals surface area contributed by atoms with Crippen molar-refractivity contribution < 1.29 is 14.6 Å². The van der Waals surface area contributed by atoms with Gasteiger partial charge in [-0.1, -0.05) is 17.8 Å². The second-order valence-electron chi connectivity index (χ2n) is 5.46. The Morgan fingerprint density at radius 1 is 1.42 bits per heavy atom. The van der Waals surface area contributed by atoms with E-state index in [2.05, 4.69) is 10.3 Å². The summed E-state index contributed by atoms with van der Waals surface area (Å²) in [7, 11) is 3.24. The van der Waals surface area contributed by atoms with Gasteiger partial charge >= 0.3 is 0 Å². The van der Waals surface area contributed by atoms with Gasteiger partial charge in [0, 0.05) is 31.0 Å². The number of methoxy groups -OCH3 is 1. The molecule has 7 nitrogen and oxygen atoms in total. The summed E-state index contributed by atoms with van der Waals surface area (Å²) in [5, 5.41) is 12.9. The SMILES string of the molecule is COc1cc(O)ccc1[C@@H]1CC(=O)Nc2c1c(=O)nc(SC)n2C. The number of ether oxygens (including phenoxy) is 1. The Morgan fingerprint density at radius 2 is 2.17 bits per heavy atom. The zero-order chi connectivity index (χ0) is 17.4. The van der Waals surface area contributed by atoms with Crippen molar-refractivity contribution in [3.63, 3.8) is 0 Å². The van der Waals surface area contributed by atoms with Crippen LogP contribution in [0.4, 0.5) is 5.82 Å². The first-order valence-corrected chi connectivity index (χ1v) is 8.50. The van der Waals surface area contributed by atoms with Crippen molar-refractivity contribution in [2.45, 2.75) is 17.5 Å². The lowest BCUT2D eigenvalue weighted by Crippen LogP contribution is -2.33. The molecule has 1 atom stereocenters. The molecule has 126 valence electrons. The molecule has 1 aliphatic rings. The Labute approximate surface area is 142 Å². The Hall–Kier alpha value is -2.48. The number of fused-ring (bicyclic) bond motifs is 1.